The van der Waals surface area contributed by atoms with Crippen LogP contribution in [0.15, 0.2) is 42.7 Å². The van der Waals surface area contributed by atoms with E-state index >= 15 is 0 Å². The lowest BCUT2D eigenvalue weighted by atomic mass is 10.0. The van der Waals surface area contributed by atoms with Crippen LogP contribution in [-0.4, -0.2) is 25.2 Å². The number of benzene rings is 1. The van der Waals surface area contributed by atoms with Crippen molar-refractivity contribution in [1.82, 2.24) is 4.98 Å². The Kier molecular flexibility index (Phi) is 3.57. The number of carbonyl (C=O) groups excluding carboxylic acids is 1. The van der Waals surface area contributed by atoms with E-state index in [0.717, 1.165) is 11.1 Å². The average molecular weight is 243 g/mol. The fourth-order valence-electron chi connectivity index (χ4n) is 1.63. The first-order valence-electron chi connectivity index (χ1n) is 5.42. The standard InChI is InChI=1S/C14H13NO3/c1-17-13-7-12(8-15-9-13)10-4-3-5-11(6-10)14(16)18-2/h3-9H,1-2H3. The number of pyridine rings is 1. The molecule has 0 bridgehead atoms. The molecule has 0 aliphatic heterocycles. The fraction of sp³-hybridized carbons (Fsp3) is 0.143. The van der Waals surface area contributed by atoms with Crippen molar-refractivity contribution in [3.8, 4) is 16.9 Å². The van der Waals surface area contributed by atoms with E-state index in [-0.39, 0.29) is 5.97 Å². The van der Waals surface area contributed by atoms with Gasteiger partial charge < -0.3 is 9.47 Å². The smallest absolute Gasteiger partial charge is 0.337 e. The van der Waals surface area contributed by atoms with Crippen molar-refractivity contribution in [1.29, 1.82) is 0 Å². The van der Waals surface area contributed by atoms with E-state index in [0.29, 0.717) is 11.3 Å². The first-order chi connectivity index (χ1) is 8.74. The number of rotatable bonds is 3. The monoisotopic (exact) mass is 243 g/mol. The molecule has 1 heterocycles. The Labute approximate surface area is 105 Å². The summed E-state index contributed by atoms with van der Waals surface area (Å²) >= 11 is 0. The highest BCUT2D eigenvalue weighted by molar-refractivity contribution is 5.90. The molecule has 4 nitrogen and oxygen atoms in total. The second-order valence-corrected chi connectivity index (χ2v) is 3.69. The maximum atomic E-state index is 11.5. The summed E-state index contributed by atoms with van der Waals surface area (Å²) in [6.45, 7) is 0. The van der Waals surface area contributed by atoms with Crippen LogP contribution in [0.25, 0.3) is 11.1 Å². The van der Waals surface area contributed by atoms with Gasteiger partial charge in [0.1, 0.15) is 5.75 Å². The molecular formula is C14H13NO3. The van der Waals surface area contributed by atoms with E-state index in [1.54, 1.807) is 37.7 Å². The largest absolute Gasteiger partial charge is 0.495 e. The highest BCUT2D eigenvalue weighted by atomic mass is 16.5. The molecule has 2 aromatic rings. The molecule has 0 atom stereocenters. The van der Waals surface area contributed by atoms with Crippen LogP contribution in [0.1, 0.15) is 10.4 Å². The molecule has 0 radical (unpaired) electrons. The van der Waals surface area contributed by atoms with Crippen LogP contribution >= 0.6 is 0 Å². The highest BCUT2D eigenvalue weighted by Gasteiger charge is 2.07. The predicted octanol–water partition coefficient (Wildman–Crippen LogP) is 2.54. The molecule has 18 heavy (non-hydrogen) atoms. The molecule has 92 valence electrons. The molecule has 2 rings (SSSR count). The summed E-state index contributed by atoms with van der Waals surface area (Å²) in [6.07, 6.45) is 3.35. The summed E-state index contributed by atoms with van der Waals surface area (Å²) in [5, 5.41) is 0. The molecule has 4 heteroatoms. The molecular weight excluding hydrogens is 230 g/mol. The summed E-state index contributed by atoms with van der Waals surface area (Å²) in [4.78, 5) is 15.5. The molecule has 1 aromatic heterocycles. The molecule has 0 saturated carbocycles. The third-order valence-electron chi connectivity index (χ3n) is 2.57. The van der Waals surface area contributed by atoms with Crippen molar-refractivity contribution >= 4 is 5.97 Å². The minimum absolute atomic E-state index is 0.354. The zero-order valence-electron chi connectivity index (χ0n) is 10.2. The maximum Gasteiger partial charge on any atom is 0.337 e. The summed E-state index contributed by atoms with van der Waals surface area (Å²) in [6, 6.07) is 9.05. The lowest BCUT2D eigenvalue weighted by Gasteiger charge is -2.05. The number of aromatic nitrogens is 1. The highest BCUT2D eigenvalue weighted by Crippen LogP contribution is 2.23. The second kappa shape index (κ2) is 5.31. The molecule has 1 aromatic carbocycles. The minimum atomic E-state index is -0.354. The van der Waals surface area contributed by atoms with Crippen molar-refractivity contribution in [2.45, 2.75) is 0 Å². The first-order valence-corrected chi connectivity index (χ1v) is 5.42. The maximum absolute atomic E-state index is 11.5. The van der Waals surface area contributed by atoms with Crippen molar-refractivity contribution in [2.24, 2.45) is 0 Å². The number of hydrogen-bond donors (Lipinski definition) is 0. The van der Waals surface area contributed by atoms with Gasteiger partial charge in [-0.25, -0.2) is 4.79 Å². The third kappa shape index (κ3) is 2.48. The van der Waals surface area contributed by atoms with Gasteiger partial charge in [-0.1, -0.05) is 12.1 Å². The van der Waals surface area contributed by atoms with Gasteiger partial charge in [-0.05, 0) is 23.8 Å². The van der Waals surface area contributed by atoms with Gasteiger partial charge in [-0.3, -0.25) is 4.98 Å². The van der Waals surface area contributed by atoms with Crippen LogP contribution in [0.4, 0.5) is 0 Å². The van der Waals surface area contributed by atoms with Crippen molar-refractivity contribution in [3.05, 3.63) is 48.3 Å². The number of carbonyl (C=O) groups is 1. The zero-order valence-corrected chi connectivity index (χ0v) is 10.2. The number of esters is 1. The Morgan fingerprint density at radius 1 is 1.11 bits per heavy atom. The lowest BCUT2D eigenvalue weighted by molar-refractivity contribution is 0.0601. The molecule has 0 N–H and O–H groups in total. The Balaban J connectivity index is 2.41. The van der Waals surface area contributed by atoms with Gasteiger partial charge in [0.05, 0.1) is 26.0 Å². The van der Waals surface area contributed by atoms with Gasteiger partial charge in [-0.15, -0.1) is 0 Å². The summed E-state index contributed by atoms with van der Waals surface area (Å²) in [5.74, 6) is 0.323. The Bertz CT molecular complexity index is 566. The van der Waals surface area contributed by atoms with Gasteiger partial charge in [0.15, 0.2) is 0 Å². The van der Waals surface area contributed by atoms with Crippen LogP contribution < -0.4 is 4.74 Å². The summed E-state index contributed by atoms with van der Waals surface area (Å²) in [5.41, 5.74) is 2.29. The molecule has 0 unspecified atom stereocenters. The van der Waals surface area contributed by atoms with Gasteiger partial charge in [0.2, 0.25) is 0 Å². The van der Waals surface area contributed by atoms with E-state index < -0.39 is 0 Å². The lowest BCUT2D eigenvalue weighted by Crippen LogP contribution is -2.00. The number of ether oxygens (including phenoxy) is 2. The van der Waals surface area contributed by atoms with Gasteiger partial charge in [-0.2, -0.15) is 0 Å². The predicted molar refractivity (Wildman–Crippen MR) is 67.6 cm³/mol. The first kappa shape index (κ1) is 12.1. The molecule has 0 amide bonds. The van der Waals surface area contributed by atoms with Gasteiger partial charge >= 0.3 is 5.97 Å². The quantitative estimate of drug-likeness (QED) is 0.777. The number of hydrogen-bond acceptors (Lipinski definition) is 4. The molecule has 0 saturated heterocycles. The Hall–Kier alpha value is -2.36. The van der Waals surface area contributed by atoms with E-state index in [1.165, 1.54) is 7.11 Å². The Morgan fingerprint density at radius 2 is 1.94 bits per heavy atom. The molecule has 0 aliphatic rings. The van der Waals surface area contributed by atoms with Crippen LogP contribution in [0.3, 0.4) is 0 Å². The van der Waals surface area contributed by atoms with Crippen molar-refractivity contribution in [3.63, 3.8) is 0 Å². The van der Waals surface area contributed by atoms with Crippen molar-refractivity contribution in [2.75, 3.05) is 14.2 Å². The topological polar surface area (TPSA) is 48.4 Å². The second-order valence-electron chi connectivity index (χ2n) is 3.69. The zero-order chi connectivity index (χ0) is 13.0. The van der Waals surface area contributed by atoms with Crippen molar-refractivity contribution < 1.29 is 14.3 Å². The molecule has 0 spiro atoms. The van der Waals surface area contributed by atoms with Crippen LogP contribution in [0.5, 0.6) is 5.75 Å². The normalized spacial score (nSPS) is 9.89. The minimum Gasteiger partial charge on any atom is -0.495 e. The van der Waals surface area contributed by atoms with Gasteiger partial charge in [0, 0.05) is 11.8 Å². The van der Waals surface area contributed by atoms with E-state index in [9.17, 15) is 4.79 Å². The fourth-order valence-corrected chi connectivity index (χ4v) is 1.63. The number of nitrogens with zero attached hydrogens (tertiary/aromatic N) is 1. The van der Waals surface area contributed by atoms with Crippen LogP contribution in [0.2, 0.25) is 0 Å². The van der Waals surface area contributed by atoms with E-state index in [1.807, 2.05) is 12.1 Å². The summed E-state index contributed by atoms with van der Waals surface area (Å²) < 4.78 is 9.81. The average Bonchev–Trinajstić information content (AvgIpc) is 2.46. The van der Waals surface area contributed by atoms with Crippen LogP contribution in [-0.2, 0) is 4.74 Å². The molecule has 0 fully saturated rings. The Morgan fingerprint density at radius 3 is 2.67 bits per heavy atom. The summed E-state index contributed by atoms with van der Waals surface area (Å²) in [7, 11) is 2.95. The number of methoxy groups -OCH3 is 2. The SMILES string of the molecule is COC(=O)c1cccc(-c2cncc(OC)c2)c1. The van der Waals surface area contributed by atoms with E-state index in [2.05, 4.69) is 4.98 Å². The molecule has 0 aliphatic carbocycles. The van der Waals surface area contributed by atoms with Gasteiger partial charge in [0.25, 0.3) is 0 Å². The van der Waals surface area contributed by atoms with E-state index in [4.69, 9.17) is 9.47 Å². The van der Waals surface area contributed by atoms with Crippen LogP contribution in [0, 0.1) is 0 Å². The third-order valence-corrected chi connectivity index (χ3v) is 2.57.